The number of carbonyl (C=O) groups excluding carboxylic acids is 1. The number of amidine groups is 1. The molecular weight excluding hydrogens is 404 g/mol. The summed E-state index contributed by atoms with van der Waals surface area (Å²) in [6.07, 6.45) is 17.6. The quantitative estimate of drug-likeness (QED) is 0.280. The molecule has 1 unspecified atom stereocenters. The third kappa shape index (κ3) is 7.91. The number of nitrogens with zero attached hydrogens (tertiary/aromatic N) is 2. The molecule has 0 bridgehead atoms. The second-order valence-electron chi connectivity index (χ2n) is 6.89. The van der Waals surface area contributed by atoms with Crippen LogP contribution in [0.15, 0.2) is 72.2 Å². The number of carbonyl (C=O) groups is 1. The van der Waals surface area contributed by atoms with Crippen molar-refractivity contribution in [2.75, 3.05) is 12.8 Å². The number of rotatable bonds is 9. The van der Waals surface area contributed by atoms with Gasteiger partial charge in [0.15, 0.2) is 5.17 Å². The standard InChI is InChI=1S/C22H29ClN4OS/c1-5-9-19(18(2)16-23)27(20(28)17-24)14-13-26(4)21(25)29-15-12-22(3)10-7-6-8-11-22/h5-10,13-14,16-17,24-25H,1,11-12,15H2,2-4H3/b14-13-,18-16+,19-9+,24-17?,25-21?. The van der Waals surface area contributed by atoms with Crippen molar-refractivity contribution in [2.24, 2.45) is 5.41 Å². The first kappa shape index (κ1) is 24.7. The molecule has 2 N–H and O–H groups in total. The summed E-state index contributed by atoms with van der Waals surface area (Å²) < 4.78 is 0. The molecule has 1 atom stereocenters. The third-order valence-electron chi connectivity index (χ3n) is 4.47. The molecule has 0 saturated heterocycles. The minimum absolute atomic E-state index is 0.138. The van der Waals surface area contributed by atoms with Crippen LogP contribution in [-0.2, 0) is 4.79 Å². The van der Waals surface area contributed by atoms with Crippen LogP contribution in [0.1, 0.15) is 26.7 Å². The van der Waals surface area contributed by atoms with Gasteiger partial charge in [0, 0.05) is 30.7 Å². The zero-order valence-electron chi connectivity index (χ0n) is 17.2. The zero-order chi connectivity index (χ0) is 21.9. The lowest BCUT2D eigenvalue weighted by Crippen LogP contribution is -2.28. The van der Waals surface area contributed by atoms with Gasteiger partial charge in [0.05, 0.1) is 11.9 Å². The fourth-order valence-electron chi connectivity index (χ4n) is 2.59. The second-order valence-corrected chi connectivity index (χ2v) is 8.19. The van der Waals surface area contributed by atoms with Gasteiger partial charge in [0.1, 0.15) is 0 Å². The molecule has 1 aliphatic rings. The highest BCUT2D eigenvalue weighted by atomic mass is 35.5. The fourth-order valence-corrected chi connectivity index (χ4v) is 3.72. The summed E-state index contributed by atoms with van der Waals surface area (Å²) >= 11 is 7.27. The summed E-state index contributed by atoms with van der Waals surface area (Å²) in [4.78, 5) is 15.2. The Morgan fingerprint density at radius 1 is 1.38 bits per heavy atom. The predicted molar refractivity (Wildman–Crippen MR) is 126 cm³/mol. The second kappa shape index (κ2) is 12.3. The molecular formula is C22H29ClN4OS. The summed E-state index contributed by atoms with van der Waals surface area (Å²) in [5.74, 6) is 0.301. The Bertz CT molecular complexity index is 782. The summed E-state index contributed by atoms with van der Waals surface area (Å²) in [6.45, 7) is 7.65. The third-order valence-corrected chi connectivity index (χ3v) is 5.76. The molecule has 1 rings (SSSR count). The van der Waals surface area contributed by atoms with Gasteiger partial charge in [0.25, 0.3) is 5.91 Å². The van der Waals surface area contributed by atoms with Crippen molar-refractivity contribution in [3.63, 3.8) is 0 Å². The molecule has 0 aromatic carbocycles. The van der Waals surface area contributed by atoms with Crippen molar-refractivity contribution < 1.29 is 4.79 Å². The van der Waals surface area contributed by atoms with Crippen molar-refractivity contribution in [3.05, 3.63) is 72.2 Å². The van der Waals surface area contributed by atoms with Crippen LogP contribution >= 0.6 is 23.4 Å². The summed E-state index contributed by atoms with van der Waals surface area (Å²) in [6, 6.07) is 0. The van der Waals surface area contributed by atoms with E-state index in [2.05, 4.69) is 37.8 Å². The minimum Gasteiger partial charge on any atom is -0.330 e. The smallest absolute Gasteiger partial charge is 0.272 e. The zero-order valence-corrected chi connectivity index (χ0v) is 18.8. The molecule has 0 saturated carbocycles. The van der Waals surface area contributed by atoms with E-state index in [9.17, 15) is 4.79 Å². The Morgan fingerprint density at radius 2 is 2.10 bits per heavy atom. The first-order chi connectivity index (χ1) is 13.8. The van der Waals surface area contributed by atoms with E-state index in [1.54, 1.807) is 37.2 Å². The van der Waals surface area contributed by atoms with E-state index in [-0.39, 0.29) is 5.41 Å². The SMILES string of the molecule is C=C/C=C(\C(C)=C\Cl)N(/C=C\N(C)C(=N)SCCC1(C)C=CC=CC1)C(=O)C=N. The molecule has 5 nitrogen and oxygen atoms in total. The highest BCUT2D eigenvalue weighted by Gasteiger charge is 2.21. The molecule has 7 heteroatoms. The minimum atomic E-state index is -0.523. The van der Waals surface area contributed by atoms with Crippen molar-refractivity contribution in [3.8, 4) is 0 Å². The Morgan fingerprint density at radius 3 is 2.66 bits per heavy atom. The molecule has 0 heterocycles. The monoisotopic (exact) mass is 432 g/mol. The van der Waals surface area contributed by atoms with Gasteiger partial charge in [-0.3, -0.25) is 15.1 Å². The molecule has 0 radical (unpaired) electrons. The first-order valence-corrected chi connectivity index (χ1v) is 10.6. The number of nitrogens with one attached hydrogen (secondary N) is 2. The number of halogens is 1. The van der Waals surface area contributed by atoms with E-state index in [4.69, 9.17) is 22.4 Å². The fraction of sp³-hybridized carbons (Fsp3) is 0.318. The van der Waals surface area contributed by atoms with Gasteiger partial charge in [-0.1, -0.05) is 67.2 Å². The molecule has 156 valence electrons. The van der Waals surface area contributed by atoms with Gasteiger partial charge < -0.3 is 10.3 Å². The van der Waals surface area contributed by atoms with Gasteiger partial charge in [-0.05, 0) is 36.8 Å². The molecule has 0 aromatic rings. The van der Waals surface area contributed by atoms with Crippen LogP contribution in [0.5, 0.6) is 0 Å². The van der Waals surface area contributed by atoms with Crippen molar-refractivity contribution >= 4 is 40.7 Å². The van der Waals surface area contributed by atoms with E-state index < -0.39 is 5.91 Å². The highest BCUT2D eigenvalue weighted by molar-refractivity contribution is 8.13. The van der Waals surface area contributed by atoms with Crippen LogP contribution in [0, 0.1) is 16.2 Å². The van der Waals surface area contributed by atoms with Gasteiger partial charge in [0.2, 0.25) is 0 Å². The van der Waals surface area contributed by atoms with E-state index in [1.807, 2.05) is 0 Å². The predicted octanol–water partition coefficient (Wildman–Crippen LogP) is 5.66. The van der Waals surface area contributed by atoms with Gasteiger partial charge in [-0.25, -0.2) is 0 Å². The van der Waals surface area contributed by atoms with Crippen LogP contribution < -0.4 is 0 Å². The highest BCUT2D eigenvalue weighted by Crippen LogP contribution is 2.32. The summed E-state index contributed by atoms with van der Waals surface area (Å²) in [5.41, 5.74) is 2.67. The van der Waals surface area contributed by atoms with E-state index >= 15 is 0 Å². The molecule has 0 fully saturated rings. The Labute approximate surface area is 183 Å². The van der Waals surface area contributed by atoms with Gasteiger partial charge >= 0.3 is 0 Å². The summed E-state index contributed by atoms with van der Waals surface area (Å²) in [5, 5.41) is 16.0. The van der Waals surface area contributed by atoms with E-state index in [0.29, 0.717) is 16.4 Å². The van der Waals surface area contributed by atoms with E-state index in [0.717, 1.165) is 24.8 Å². The van der Waals surface area contributed by atoms with Crippen LogP contribution in [0.2, 0.25) is 0 Å². The molecule has 29 heavy (non-hydrogen) atoms. The van der Waals surface area contributed by atoms with Crippen molar-refractivity contribution in [2.45, 2.75) is 26.7 Å². The Hall–Kier alpha value is -2.31. The number of amides is 1. The summed E-state index contributed by atoms with van der Waals surface area (Å²) in [7, 11) is 1.75. The van der Waals surface area contributed by atoms with Gasteiger partial charge in [-0.2, -0.15) is 0 Å². The Balaban J connectivity index is 2.78. The maximum atomic E-state index is 12.2. The van der Waals surface area contributed by atoms with Crippen molar-refractivity contribution in [1.82, 2.24) is 9.80 Å². The van der Waals surface area contributed by atoms with E-state index in [1.165, 1.54) is 28.4 Å². The number of allylic oxidation sites excluding steroid dienone is 7. The molecule has 1 aliphatic carbocycles. The average Bonchev–Trinajstić information content (AvgIpc) is 2.72. The lowest BCUT2D eigenvalue weighted by molar-refractivity contribution is -0.119. The van der Waals surface area contributed by atoms with Crippen LogP contribution in [0.3, 0.4) is 0 Å². The number of hydrogen-bond acceptors (Lipinski definition) is 4. The average molecular weight is 433 g/mol. The molecule has 1 amide bonds. The lowest BCUT2D eigenvalue weighted by Gasteiger charge is -2.26. The normalized spacial score (nSPS) is 19.3. The number of thioether (sulfide) groups is 1. The maximum absolute atomic E-state index is 12.2. The van der Waals surface area contributed by atoms with Crippen LogP contribution in [0.25, 0.3) is 0 Å². The Kier molecular flexibility index (Phi) is 10.5. The van der Waals surface area contributed by atoms with Crippen LogP contribution in [0.4, 0.5) is 0 Å². The lowest BCUT2D eigenvalue weighted by atomic mass is 9.81. The topological polar surface area (TPSA) is 71.2 Å². The molecule has 0 aromatic heterocycles. The molecule has 0 aliphatic heterocycles. The molecule has 0 spiro atoms. The number of hydrogen-bond donors (Lipinski definition) is 2. The first-order valence-electron chi connectivity index (χ1n) is 9.18. The maximum Gasteiger partial charge on any atom is 0.272 e. The van der Waals surface area contributed by atoms with Crippen LogP contribution in [-0.4, -0.2) is 39.9 Å². The van der Waals surface area contributed by atoms with Crippen molar-refractivity contribution in [1.29, 1.82) is 10.8 Å². The van der Waals surface area contributed by atoms with Gasteiger partial charge in [-0.15, -0.1) is 0 Å². The largest absolute Gasteiger partial charge is 0.330 e.